The van der Waals surface area contributed by atoms with Gasteiger partial charge in [0, 0.05) is 27.2 Å². The zero-order valence-electron chi connectivity index (χ0n) is 10.8. The first-order valence-electron chi connectivity index (χ1n) is 5.90. The minimum Gasteiger partial charge on any atom is -0.380 e. The van der Waals surface area contributed by atoms with Gasteiger partial charge in [0.05, 0.1) is 18.5 Å². The number of aromatic nitrogens is 3. The van der Waals surface area contributed by atoms with Crippen LogP contribution in [0.5, 0.6) is 0 Å². The molecule has 0 fully saturated rings. The van der Waals surface area contributed by atoms with Gasteiger partial charge in [-0.15, -0.1) is 5.10 Å². The molecule has 5 nitrogen and oxygen atoms in total. The number of methoxy groups -OCH3 is 1. The van der Waals surface area contributed by atoms with Gasteiger partial charge >= 0.3 is 0 Å². The monoisotopic (exact) mass is 246 g/mol. The Hall–Kier alpha value is -1.72. The highest BCUT2D eigenvalue weighted by Crippen LogP contribution is 2.06. The summed E-state index contributed by atoms with van der Waals surface area (Å²) in [4.78, 5) is 0. The van der Waals surface area contributed by atoms with Crippen molar-refractivity contribution in [3.8, 4) is 0 Å². The van der Waals surface area contributed by atoms with Gasteiger partial charge in [-0.25, -0.2) is 0 Å². The van der Waals surface area contributed by atoms with E-state index in [0.717, 1.165) is 18.8 Å². The normalized spacial score (nSPS) is 10.8. The molecule has 2 aromatic rings. The van der Waals surface area contributed by atoms with Crippen LogP contribution in [0.15, 0.2) is 30.5 Å². The molecule has 96 valence electrons. The van der Waals surface area contributed by atoms with Crippen LogP contribution >= 0.6 is 0 Å². The number of ether oxygens (including phenoxy) is 1. The molecule has 0 bridgehead atoms. The van der Waals surface area contributed by atoms with Gasteiger partial charge in [0.25, 0.3) is 0 Å². The highest BCUT2D eigenvalue weighted by molar-refractivity contribution is 5.22. The minimum atomic E-state index is 0.652. The molecule has 18 heavy (non-hydrogen) atoms. The van der Waals surface area contributed by atoms with E-state index in [1.54, 1.807) is 18.0 Å². The second kappa shape index (κ2) is 6.28. The molecule has 0 unspecified atom stereocenters. The van der Waals surface area contributed by atoms with Crippen molar-refractivity contribution >= 4 is 0 Å². The number of hydrogen-bond acceptors (Lipinski definition) is 4. The summed E-state index contributed by atoms with van der Waals surface area (Å²) in [6, 6.07) is 8.38. The van der Waals surface area contributed by atoms with Gasteiger partial charge < -0.3 is 10.1 Å². The predicted molar refractivity (Wildman–Crippen MR) is 68.7 cm³/mol. The predicted octanol–water partition coefficient (Wildman–Crippen LogP) is 1.25. The number of benzene rings is 1. The molecule has 1 N–H and O–H groups in total. The summed E-state index contributed by atoms with van der Waals surface area (Å²) in [7, 11) is 3.60. The van der Waals surface area contributed by atoms with Crippen LogP contribution in [0.3, 0.4) is 0 Å². The van der Waals surface area contributed by atoms with E-state index in [0.29, 0.717) is 6.61 Å². The molecule has 1 heterocycles. The third-order valence-corrected chi connectivity index (χ3v) is 2.75. The van der Waals surface area contributed by atoms with Crippen LogP contribution in [0.1, 0.15) is 16.8 Å². The van der Waals surface area contributed by atoms with Gasteiger partial charge in [0.15, 0.2) is 0 Å². The van der Waals surface area contributed by atoms with E-state index >= 15 is 0 Å². The fourth-order valence-corrected chi connectivity index (χ4v) is 1.80. The highest BCUT2D eigenvalue weighted by atomic mass is 16.5. The van der Waals surface area contributed by atoms with Crippen LogP contribution in [0.25, 0.3) is 0 Å². The molecule has 0 aliphatic heterocycles. The molecule has 0 saturated heterocycles. The Morgan fingerprint density at radius 2 is 2.11 bits per heavy atom. The molecular weight excluding hydrogens is 228 g/mol. The number of hydrogen-bond donors (Lipinski definition) is 1. The van der Waals surface area contributed by atoms with E-state index in [-0.39, 0.29) is 0 Å². The van der Waals surface area contributed by atoms with Crippen LogP contribution in [-0.4, -0.2) is 22.1 Å². The topological polar surface area (TPSA) is 52.0 Å². The summed E-state index contributed by atoms with van der Waals surface area (Å²) in [5.74, 6) is 0. The van der Waals surface area contributed by atoms with Crippen molar-refractivity contribution in [3.63, 3.8) is 0 Å². The van der Waals surface area contributed by atoms with Crippen molar-refractivity contribution in [2.75, 3.05) is 7.11 Å². The Kier molecular flexibility index (Phi) is 4.44. The van der Waals surface area contributed by atoms with Gasteiger partial charge in [0.1, 0.15) is 0 Å². The van der Waals surface area contributed by atoms with E-state index < -0.39 is 0 Å². The molecule has 1 aromatic carbocycles. The highest BCUT2D eigenvalue weighted by Gasteiger charge is 2.00. The van der Waals surface area contributed by atoms with E-state index in [4.69, 9.17) is 4.74 Å². The molecule has 0 amide bonds. The van der Waals surface area contributed by atoms with Crippen molar-refractivity contribution in [1.82, 2.24) is 20.3 Å². The quantitative estimate of drug-likeness (QED) is 0.833. The molecule has 5 heteroatoms. The van der Waals surface area contributed by atoms with Gasteiger partial charge in [0.2, 0.25) is 0 Å². The maximum atomic E-state index is 5.12. The lowest BCUT2D eigenvalue weighted by molar-refractivity contribution is 0.185. The first-order valence-corrected chi connectivity index (χ1v) is 5.90. The summed E-state index contributed by atoms with van der Waals surface area (Å²) in [5, 5.41) is 11.1. The van der Waals surface area contributed by atoms with Crippen molar-refractivity contribution in [2.45, 2.75) is 19.7 Å². The van der Waals surface area contributed by atoms with Crippen molar-refractivity contribution in [2.24, 2.45) is 7.05 Å². The average molecular weight is 246 g/mol. The third kappa shape index (κ3) is 3.38. The lowest BCUT2D eigenvalue weighted by atomic mass is 10.1. The van der Waals surface area contributed by atoms with Gasteiger partial charge in [-0.1, -0.05) is 29.5 Å². The fourth-order valence-electron chi connectivity index (χ4n) is 1.80. The Labute approximate surface area is 107 Å². The lowest BCUT2D eigenvalue weighted by Gasteiger charge is -2.06. The first kappa shape index (κ1) is 12.7. The fraction of sp³-hybridized carbons (Fsp3) is 0.385. The van der Waals surface area contributed by atoms with Crippen LogP contribution in [0.4, 0.5) is 0 Å². The third-order valence-electron chi connectivity index (χ3n) is 2.75. The summed E-state index contributed by atoms with van der Waals surface area (Å²) >= 11 is 0. The molecule has 1 aromatic heterocycles. The van der Waals surface area contributed by atoms with E-state index in [1.807, 2.05) is 7.05 Å². The number of nitrogens with zero attached hydrogens (tertiary/aromatic N) is 3. The molecular formula is C13H18N4O. The molecule has 0 saturated carbocycles. The van der Waals surface area contributed by atoms with Gasteiger partial charge in [-0.3, -0.25) is 4.68 Å². The molecule has 0 atom stereocenters. The summed E-state index contributed by atoms with van der Waals surface area (Å²) in [5.41, 5.74) is 3.52. The average Bonchev–Trinajstić information content (AvgIpc) is 2.76. The van der Waals surface area contributed by atoms with Crippen molar-refractivity contribution in [1.29, 1.82) is 0 Å². The van der Waals surface area contributed by atoms with Crippen molar-refractivity contribution in [3.05, 3.63) is 47.3 Å². The van der Waals surface area contributed by atoms with Crippen LogP contribution < -0.4 is 5.32 Å². The summed E-state index contributed by atoms with van der Waals surface area (Å²) in [6.07, 6.45) is 1.77. The number of aryl methyl sites for hydroxylation is 1. The Morgan fingerprint density at radius 1 is 1.28 bits per heavy atom. The largest absolute Gasteiger partial charge is 0.380 e. The minimum absolute atomic E-state index is 0.652. The zero-order chi connectivity index (χ0) is 12.8. The molecule has 2 rings (SSSR count). The Morgan fingerprint density at radius 3 is 2.83 bits per heavy atom. The zero-order valence-corrected chi connectivity index (χ0v) is 10.8. The second-order valence-corrected chi connectivity index (χ2v) is 4.21. The first-order chi connectivity index (χ1) is 8.79. The SMILES string of the molecule is COCc1cccc(CNCc2cnnn2C)c1. The maximum absolute atomic E-state index is 5.12. The number of rotatable bonds is 6. The van der Waals surface area contributed by atoms with Gasteiger partial charge in [-0.2, -0.15) is 0 Å². The maximum Gasteiger partial charge on any atom is 0.0738 e. The smallest absolute Gasteiger partial charge is 0.0738 e. The van der Waals surface area contributed by atoms with Crippen LogP contribution in [-0.2, 0) is 31.5 Å². The van der Waals surface area contributed by atoms with Crippen molar-refractivity contribution < 1.29 is 4.74 Å². The standard InChI is InChI=1S/C13H18N4O/c1-17-13(9-15-16-17)8-14-7-11-4-3-5-12(6-11)10-18-2/h3-6,9,14H,7-8,10H2,1-2H3. The second-order valence-electron chi connectivity index (χ2n) is 4.21. The number of nitrogens with one attached hydrogen (secondary N) is 1. The van der Waals surface area contributed by atoms with Crippen LogP contribution in [0, 0.1) is 0 Å². The van der Waals surface area contributed by atoms with E-state index in [2.05, 4.69) is 39.9 Å². The molecule has 0 aliphatic carbocycles. The van der Waals surface area contributed by atoms with Crippen LogP contribution in [0.2, 0.25) is 0 Å². The van der Waals surface area contributed by atoms with E-state index in [1.165, 1.54) is 11.1 Å². The molecule has 0 aliphatic rings. The molecule has 0 radical (unpaired) electrons. The Bertz CT molecular complexity index is 495. The van der Waals surface area contributed by atoms with E-state index in [9.17, 15) is 0 Å². The summed E-state index contributed by atoms with van der Waals surface area (Å²) < 4.78 is 6.89. The Balaban J connectivity index is 1.86. The summed E-state index contributed by atoms with van der Waals surface area (Å²) in [6.45, 7) is 2.24. The van der Waals surface area contributed by atoms with Gasteiger partial charge in [-0.05, 0) is 11.1 Å². The molecule has 0 spiro atoms. The lowest BCUT2D eigenvalue weighted by Crippen LogP contribution is -2.15.